The molecule has 0 heterocycles. The Labute approximate surface area is 140 Å². The summed E-state index contributed by atoms with van der Waals surface area (Å²) in [5, 5.41) is 6.34. The van der Waals surface area contributed by atoms with E-state index in [1.54, 1.807) is 7.05 Å². The maximum atomic E-state index is 13.7. The van der Waals surface area contributed by atoms with Crippen LogP contribution in [0.2, 0.25) is 0 Å². The molecule has 2 N–H and O–H groups in total. The molecule has 1 saturated carbocycles. The van der Waals surface area contributed by atoms with Crippen molar-refractivity contribution in [3.8, 4) is 0 Å². The molecule has 0 unspecified atom stereocenters. The Balaban J connectivity index is 1.57. The van der Waals surface area contributed by atoms with Crippen LogP contribution in [-0.4, -0.2) is 19.6 Å². The highest BCUT2D eigenvalue weighted by Gasteiger charge is 2.43. The molecule has 126 valence electrons. The molecule has 2 aromatic rings. The van der Waals surface area contributed by atoms with Crippen LogP contribution in [-0.2, 0) is 12.0 Å². The summed E-state index contributed by atoms with van der Waals surface area (Å²) in [4.78, 5) is 4.16. The normalized spacial score (nSPS) is 15.9. The van der Waals surface area contributed by atoms with Crippen molar-refractivity contribution in [1.82, 2.24) is 10.6 Å². The molecular weight excluding hydrogens is 308 g/mol. The minimum absolute atomic E-state index is 0.156. The summed E-state index contributed by atoms with van der Waals surface area (Å²) in [6, 6.07) is 13.9. The molecule has 24 heavy (non-hydrogen) atoms. The standard InChI is InChI=1S/C19H21F2N3/c1-22-18(23-12-14-11-16(20)7-8-17(14)21)24-13-19(9-10-19)15-5-3-2-4-6-15/h2-8,11H,9-10,12-13H2,1H3,(H2,22,23,24). The van der Waals surface area contributed by atoms with Gasteiger partial charge in [0.05, 0.1) is 0 Å². The first-order valence-corrected chi connectivity index (χ1v) is 8.07. The minimum atomic E-state index is -0.447. The predicted octanol–water partition coefficient (Wildman–Crippen LogP) is 3.36. The summed E-state index contributed by atoms with van der Waals surface area (Å²) in [5.74, 6) is -0.291. The second-order valence-electron chi connectivity index (χ2n) is 6.16. The zero-order valence-corrected chi connectivity index (χ0v) is 13.7. The molecule has 0 bridgehead atoms. The Hall–Kier alpha value is -2.43. The highest BCUT2D eigenvalue weighted by Crippen LogP contribution is 2.47. The fourth-order valence-electron chi connectivity index (χ4n) is 2.84. The Morgan fingerprint density at radius 3 is 2.50 bits per heavy atom. The first-order chi connectivity index (χ1) is 11.6. The van der Waals surface area contributed by atoms with Crippen LogP contribution in [0, 0.1) is 11.6 Å². The summed E-state index contributed by atoms with van der Waals surface area (Å²) >= 11 is 0. The number of hydrogen-bond donors (Lipinski definition) is 2. The maximum Gasteiger partial charge on any atom is 0.191 e. The average Bonchev–Trinajstić information content (AvgIpc) is 3.40. The number of guanidine groups is 1. The van der Waals surface area contributed by atoms with Crippen molar-refractivity contribution in [3.63, 3.8) is 0 Å². The smallest absolute Gasteiger partial charge is 0.191 e. The number of hydrogen-bond acceptors (Lipinski definition) is 1. The van der Waals surface area contributed by atoms with Gasteiger partial charge in [-0.1, -0.05) is 30.3 Å². The van der Waals surface area contributed by atoms with Gasteiger partial charge >= 0.3 is 0 Å². The van der Waals surface area contributed by atoms with E-state index in [0.29, 0.717) is 5.96 Å². The summed E-state index contributed by atoms with van der Waals surface area (Å²) in [6.45, 7) is 0.948. The van der Waals surface area contributed by atoms with Gasteiger partial charge in [-0.3, -0.25) is 4.99 Å². The fraction of sp³-hybridized carbons (Fsp3) is 0.316. The molecular formula is C19H21F2N3. The molecule has 0 atom stereocenters. The van der Waals surface area contributed by atoms with E-state index in [9.17, 15) is 8.78 Å². The van der Waals surface area contributed by atoms with Crippen LogP contribution >= 0.6 is 0 Å². The van der Waals surface area contributed by atoms with E-state index < -0.39 is 11.6 Å². The molecule has 3 rings (SSSR count). The van der Waals surface area contributed by atoms with Gasteiger partial charge in [0.1, 0.15) is 11.6 Å². The van der Waals surface area contributed by atoms with Crippen molar-refractivity contribution in [3.05, 3.63) is 71.3 Å². The van der Waals surface area contributed by atoms with Gasteiger partial charge < -0.3 is 10.6 Å². The molecule has 0 radical (unpaired) electrons. The lowest BCUT2D eigenvalue weighted by molar-refractivity contribution is 0.580. The van der Waals surface area contributed by atoms with Gasteiger partial charge in [-0.15, -0.1) is 0 Å². The molecule has 0 saturated heterocycles. The minimum Gasteiger partial charge on any atom is -0.356 e. The third kappa shape index (κ3) is 3.72. The lowest BCUT2D eigenvalue weighted by atomic mass is 9.96. The first-order valence-electron chi connectivity index (χ1n) is 8.07. The van der Waals surface area contributed by atoms with Gasteiger partial charge in [0, 0.05) is 31.1 Å². The van der Waals surface area contributed by atoms with Crippen molar-refractivity contribution in [2.45, 2.75) is 24.8 Å². The largest absolute Gasteiger partial charge is 0.356 e. The van der Waals surface area contributed by atoms with Crippen LogP contribution in [0.1, 0.15) is 24.0 Å². The van der Waals surface area contributed by atoms with Gasteiger partial charge in [0.2, 0.25) is 0 Å². The number of aliphatic imine (C=N–C) groups is 1. The summed E-state index contributed by atoms with van der Waals surface area (Å²) in [6.07, 6.45) is 2.28. The van der Waals surface area contributed by atoms with Gasteiger partial charge in [0.15, 0.2) is 5.96 Å². The molecule has 2 aromatic carbocycles. The third-order valence-electron chi connectivity index (χ3n) is 4.51. The molecule has 0 spiro atoms. The molecule has 1 aliphatic rings. The molecule has 5 heteroatoms. The van der Waals surface area contributed by atoms with Crippen molar-refractivity contribution in [2.24, 2.45) is 4.99 Å². The Bertz CT molecular complexity index is 725. The molecule has 0 amide bonds. The molecule has 3 nitrogen and oxygen atoms in total. The van der Waals surface area contributed by atoms with Gasteiger partial charge in [-0.05, 0) is 36.6 Å². The summed E-state index contributed by atoms with van der Waals surface area (Å²) in [5.41, 5.74) is 1.76. The van der Waals surface area contributed by atoms with Crippen LogP contribution in [0.25, 0.3) is 0 Å². The summed E-state index contributed by atoms with van der Waals surface area (Å²) in [7, 11) is 1.67. The summed E-state index contributed by atoms with van der Waals surface area (Å²) < 4.78 is 26.9. The van der Waals surface area contributed by atoms with Crippen LogP contribution in [0.4, 0.5) is 8.78 Å². The van der Waals surface area contributed by atoms with Crippen LogP contribution < -0.4 is 10.6 Å². The number of nitrogens with zero attached hydrogens (tertiary/aromatic N) is 1. The second-order valence-corrected chi connectivity index (χ2v) is 6.16. The van der Waals surface area contributed by atoms with Gasteiger partial charge in [-0.25, -0.2) is 8.78 Å². The van der Waals surface area contributed by atoms with E-state index >= 15 is 0 Å². The maximum absolute atomic E-state index is 13.7. The van der Waals surface area contributed by atoms with Gasteiger partial charge in [0.25, 0.3) is 0 Å². The lowest BCUT2D eigenvalue weighted by Gasteiger charge is -2.19. The fourth-order valence-corrected chi connectivity index (χ4v) is 2.84. The SMILES string of the molecule is CN=C(NCc1cc(F)ccc1F)NCC1(c2ccccc2)CC1. The predicted molar refractivity (Wildman–Crippen MR) is 91.9 cm³/mol. The van der Waals surface area contributed by atoms with Crippen molar-refractivity contribution < 1.29 is 8.78 Å². The van der Waals surface area contributed by atoms with E-state index in [2.05, 4.69) is 39.9 Å². The molecule has 0 aromatic heterocycles. The van der Waals surface area contributed by atoms with E-state index in [1.807, 2.05) is 6.07 Å². The van der Waals surface area contributed by atoms with Crippen LogP contribution in [0.3, 0.4) is 0 Å². The number of halogens is 2. The van der Waals surface area contributed by atoms with E-state index in [1.165, 1.54) is 11.6 Å². The average molecular weight is 329 g/mol. The van der Waals surface area contributed by atoms with E-state index in [-0.39, 0.29) is 17.5 Å². The van der Waals surface area contributed by atoms with E-state index in [0.717, 1.165) is 31.5 Å². The number of benzene rings is 2. The van der Waals surface area contributed by atoms with Crippen LogP contribution in [0.5, 0.6) is 0 Å². The molecule has 1 fully saturated rings. The number of rotatable bonds is 5. The highest BCUT2D eigenvalue weighted by molar-refractivity contribution is 5.79. The molecule has 0 aliphatic heterocycles. The number of nitrogens with one attached hydrogen (secondary N) is 2. The lowest BCUT2D eigenvalue weighted by Crippen LogP contribution is -2.41. The van der Waals surface area contributed by atoms with Gasteiger partial charge in [-0.2, -0.15) is 0 Å². The topological polar surface area (TPSA) is 36.4 Å². The van der Waals surface area contributed by atoms with Crippen molar-refractivity contribution in [2.75, 3.05) is 13.6 Å². The highest BCUT2D eigenvalue weighted by atomic mass is 19.1. The zero-order valence-electron chi connectivity index (χ0n) is 13.7. The van der Waals surface area contributed by atoms with E-state index in [4.69, 9.17) is 0 Å². The molecule has 1 aliphatic carbocycles. The monoisotopic (exact) mass is 329 g/mol. The Morgan fingerprint density at radius 2 is 1.83 bits per heavy atom. The second kappa shape index (κ2) is 6.99. The van der Waals surface area contributed by atoms with Crippen molar-refractivity contribution >= 4 is 5.96 Å². The Morgan fingerprint density at radius 1 is 1.08 bits per heavy atom. The Kier molecular flexibility index (Phi) is 4.79. The first kappa shape index (κ1) is 16.4. The zero-order chi connectivity index (χ0) is 17.0. The van der Waals surface area contributed by atoms with Crippen molar-refractivity contribution in [1.29, 1.82) is 0 Å². The van der Waals surface area contributed by atoms with Crippen LogP contribution in [0.15, 0.2) is 53.5 Å². The third-order valence-corrected chi connectivity index (χ3v) is 4.51. The quantitative estimate of drug-likeness (QED) is 0.652.